The fourth-order valence-corrected chi connectivity index (χ4v) is 2.54. The Hall–Kier alpha value is -0.410. The van der Waals surface area contributed by atoms with Gasteiger partial charge in [0, 0.05) is 10.5 Å². The summed E-state index contributed by atoms with van der Waals surface area (Å²) < 4.78 is 14.1. The molecule has 0 bridgehead atoms. The lowest BCUT2D eigenvalue weighted by atomic mass is 9.92. The van der Waals surface area contributed by atoms with E-state index in [1.165, 1.54) is 25.3 Å². The van der Waals surface area contributed by atoms with Gasteiger partial charge in [0.2, 0.25) is 0 Å². The van der Waals surface area contributed by atoms with E-state index in [1.807, 2.05) is 0 Å². The maximum atomic E-state index is 13.1. The van der Waals surface area contributed by atoms with Crippen molar-refractivity contribution in [2.24, 2.45) is 5.92 Å². The zero-order valence-electron chi connectivity index (χ0n) is 10.2. The first-order valence-corrected chi connectivity index (χ1v) is 7.12. The first kappa shape index (κ1) is 13.0. The number of benzene rings is 1. The minimum absolute atomic E-state index is 0.151. The summed E-state index contributed by atoms with van der Waals surface area (Å²) in [5.74, 6) is 0.385. The molecule has 0 spiro atoms. The Labute approximate surface area is 111 Å². The van der Waals surface area contributed by atoms with Gasteiger partial charge in [-0.2, -0.15) is 0 Å². The third kappa shape index (κ3) is 3.78. The molecule has 1 aliphatic carbocycles. The number of nitrogens with one attached hydrogen (secondary N) is 1. The lowest BCUT2D eigenvalue weighted by molar-refractivity contribution is 0.320. The molecule has 0 aromatic heterocycles. The minimum Gasteiger partial charge on any atom is -0.314 e. The van der Waals surface area contributed by atoms with E-state index in [9.17, 15) is 4.39 Å². The van der Waals surface area contributed by atoms with E-state index in [4.69, 9.17) is 0 Å². The molecule has 1 nitrogen and oxygen atoms in total. The van der Waals surface area contributed by atoms with Crippen molar-refractivity contribution in [3.05, 3.63) is 34.1 Å². The SMILES string of the molecule is CC(CNC1CCC1)Cc1cc(F)ccc1Br. The van der Waals surface area contributed by atoms with E-state index < -0.39 is 0 Å². The predicted molar refractivity (Wildman–Crippen MR) is 72.6 cm³/mol. The molecule has 1 saturated carbocycles. The van der Waals surface area contributed by atoms with Gasteiger partial charge in [-0.25, -0.2) is 4.39 Å². The van der Waals surface area contributed by atoms with E-state index in [0.29, 0.717) is 5.92 Å². The molecular weight excluding hydrogens is 281 g/mol. The van der Waals surface area contributed by atoms with Crippen molar-refractivity contribution < 1.29 is 4.39 Å². The van der Waals surface area contributed by atoms with Crippen LogP contribution in [-0.4, -0.2) is 12.6 Å². The third-order valence-electron chi connectivity index (χ3n) is 3.44. The summed E-state index contributed by atoms with van der Waals surface area (Å²) in [6.45, 7) is 3.23. The molecule has 3 heteroatoms. The zero-order valence-corrected chi connectivity index (χ0v) is 11.8. The predicted octanol–water partition coefficient (Wildman–Crippen LogP) is 3.91. The molecule has 0 aliphatic heterocycles. The fourth-order valence-electron chi connectivity index (χ4n) is 2.13. The summed E-state index contributed by atoms with van der Waals surface area (Å²) in [5, 5.41) is 3.56. The molecule has 0 radical (unpaired) electrons. The van der Waals surface area contributed by atoms with Gasteiger partial charge in [-0.3, -0.25) is 0 Å². The van der Waals surface area contributed by atoms with E-state index in [2.05, 4.69) is 28.2 Å². The molecule has 2 rings (SSSR count). The summed E-state index contributed by atoms with van der Waals surface area (Å²) in [6, 6.07) is 5.64. The first-order valence-electron chi connectivity index (χ1n) is 6.32. The van der Waals surface area contributed by atoms with E-state index in [-0.39, 0.29) is 5.82 Å². The standard InChI is InChI=1S/C14H19BrFN/c1-10(9-17-13-3-2-4-13)7-11-8-12(16)5-6-14(11)15/h5-6,8,10,13,17H,2-4,7,9H2,1H3. The second kappa shape index (κ2) is 5.96. The molecule has 1 aromatic carbocycles. The van der Waals surface area contributed by atoms with E-state index in [0.717, 1.165) is 29.0 Å². The van der Waals surface area contributed by atoms with Gasteiger partial charge in [-0.15, -0.1) is 0 Å². The van der Waals surface area contributed by atoms with Gasteiger partial charge in [0.15, 0.2) is 0 Å². The molecule has 94 valence electrons. The normalized spacial score (nSPS) is 17.8. The highest BCUT2D eigenvalue weighted by molar-refractivity contribution is 9.10. The Balaban J connectivity index is 1.83. The van der Waals surface area contributed by atoms with Gasteiger partial charge >= 0.3 is 0 Å². The topological polar surface area (TPSA) is 12.0 Å². The van der Waals surface area contributed by atoms with Crippen LogP contribution >= 0.6 is 15.9 Å². The van der Waals surface area contributed by atoms with E-state index in [1.54, 1.807) is 12.1 Å². The lowest BCUT2D eigenvalue weighted by Crippen LogP contribution is -2.38. The second-order valence-corrected chi connectivity index (χ2v) is 5.94. The van der Waals surface area contributed by atoms with Crippen molar-refractivity contribution in [1.29, 1.82) is 0 Å². The molecule has 1 atom stereocenters. The Morgan fingerprint density at radius 1 is 1.47 bits per heavy atom. The lowest BCUT2D eigenvalue weighted by Gasteiger charge is -2.28. The summed E-state index contributed by atoms with van der Waals surface area (Å²) in [6.07, 6.45) is 4.91. The molecule has 0 amide bonds. The van der Waals surface area contributed by atoms with Crippen LogP contribution in [0.1, 0.15) is 31.7 Å². The molecule has 0 saturated heterocycles. The van der Waals surface area contributed by atoms with Crippen molar-refractivity contribution >= 4 is 15.9 Å². The Bertz CT molecular complexity index is 376. The average Bonchev–Trinajstić information content (AvgIpc) is 2.21. The minimum atomic E-state index is -0.151. The van der Waals surface area contributed by atoms with Crippen molar-refractivity contribution in [2.75, 3.05) is 6.54 Å². The quantitative estimate of drug-likeness (QED) is 0.869. The van der Waals surface area contributed by atoms with E-state index >= 15 is 0 Å². The number of halogens is 2. The van der Waals surface area contributed by atoms with Crippen molar-refractivity contribution in [1.82, 2.24) is 5.32 Å². The summed E-state index contributed by atoms with van der Waals surface area (Å²) in [7, 11) is 0. The smallest absolute Gasteiger partial charge is 0.123 e. The molecule has 1 N–H and O–H groups in total. The molecule has 0 heterocycles. The van der Waals surface area contributed by atoms with Crippen molar-refractivity contribution in [2.45, 2.75) is 38.6 Å². The zero-order chi connectivity index (χ0) is 12.3. The van der Waals surface area contributed by atoms with Crippen LogP contribution in [0.5, 0.6) is 0 Å². The third-order valence-corrected chi connectivity index (χ3v) is 4.21. The largest absolute Gasteiger partial charge is 0.314 e. The summed E-state index contributed by atoms with van der Waals surface area (Å²) in [5.41, 5.74) is 1.06. The Morgan fingerprint density at radius 2 is 2.24 bits per heavy atom. The summed E-state index contributed by atoms with van der Waals surface area (Å²) in [4.78, 5) is 0. The van der Waals surface area contributed by atoms with Crippen LogP contribution in [0, 0.1) is 11.7 Å². The molecule has 1 aromatic rings. The average molecular weight is 300 g/mol. The van der Waals surface area contributed by atoms with Crippen LogP contribution < -0.4 is 5.32 Å². The molecule has 17 heavy (non-hydrogen) atoms. The molecule has 1 fully saturated rings. The highest BCUT2D eigenvalue weighted by atomic mass is 79.9. The highest BCUT2D eigenvalue weighted by Gasteiger charge is 2.17. The highest BCUT2D eigenvalue weighted by Crippen LogP contribution is 2.22. The Morgan fingerprint density at radius 3 is 2.88 bits per heavy atom. The van der Waals surface area contributed by atoms with Crippen molar-refractivity contribution in [3.8, 4) is 0 Å². The van der Waals surface area contributed by atoms with Crippen LogP contribution in [0.15, 0.2) is 22.7 Å². The molecule has 1 unspecified atom stereocenters. The van der Waals surface area contributed by atoms with Crippen LogP contribution in [-0.2, 0) is 6.42 Å². The first-order chi connectivity index (χ1) is 8.15. The van der Waals surface area contributed by atoms with Crippen LogP contribution in [0.3, 0.4) is 0 Å². The monoisotopic (exact) mass is 299 g/mol. The second-order valence-electron chi connectivity index (χ2n) is 5.08. The van der Waals surface area contributed by atoms with Gasteiger partial charge < -0.3 is 5.32 Å². The fraction of sp³-hybridized carbons (Fsp3) is 0.571. The van der Waals surface area contributed by atoms with Crippen molar-refractivity contribution in [3.63, 3.8) is 0 Å². The maximum absolute atomic E-state index is 13.1. The van der Waals surface area contributed by atoms with Crippen LogP contribution in [0.2, 0.25) is 0 Å². The summed E-state index contributed by atoms with van der Waals surface area (Å²) >= 11 is 3.48. The molecule has 1 aliphatic rings. The van der Waals surface area contributed by atoms with Gasteiger partial charge in [0.1, 0.15) is 5.82 Å². The number of hydrogen-bond donors (Lipinski definition) is 1. The number of rotatable bonds is 5. The van der Waals surface area contributed by atoms with Gasteiger partial charge in [-0.1, -0.05) is 29.3 Å². The molecular formula is C14H19BrFN. The number of hydrogen-bond acceptors (Lipinski definition) is 1. The maximum Gasteiger partial charge on any atom is 0.123 e. The van der Waals surface area contributed by atoms with Crippen LogP contribution in [0.25, 0.3) is 0 Å². The Kier molecular flexibility index (Phi) is 4.57. The van der Waals surface area contributed by atoms with Gasteiger partial charge in [0.25, 0.3) is 0 Å². The van der Waals surface area contributed by atoms with Crippen LogP contribution in [0.4, 0.5) is 4.39 Å². The van der Waals surface area contributed by atoms with Gasteiger partial charge in [0.05, 0.1) is 0 Å². The van der Waals surface area contributed by atoms with Gasteiger partial charge in [-0.05, 0) is 55.5 Å².